The molecule has 2 rings (SSSR count). The standard InChI is InChI=1S/C23H40N4O2/c1-24-23(25-14-7-5-8-15-27-16-9-6-10-17-27)26(2)18-13-20-11-12-21(28-3)22(19-20)29-4/h11-12,19H,5-10,13-18H2,1-4H3,(H,24,25). The van der Waals surface area contributed by atoms with Crippen LogP contribution in [-0.4, -0.2) is 76.8 Å². The van der Waals surface area contributed by atoms with Crippen LogP contribution in [0.3, 0.4) is 0 Å². The molecule has 1 fully saturated rings. The first kappa shape index (κ1) is 23.3. The van der Waals surface area contributed by atoms with Crippen molar-refractivity contribution in [3.63, 3.8) is 0 Å². The highest BCUT2D eigenvalue weighted by molar-refractivity contribution is 5.79. The van der Waals surface area contributed by atoms with Crippen LogP contribution < -0.4 is 14.8 Å². The van der Waals surface area contributed by atoms with Gasteiger partial charge in [-0.3, -0.25) is 4.99 Å². The monoisotopic (exact) mass is 404 g/mol. The first-order valence-electron chi connectivity index (χ1n) is 11.0. The van der Waals surface area contributed by atoms with Crippen LogP contribution in [0.4, 0.5) is 0 Å². The Morgan fingerprint density at radius 3 is 2.52 bits per heavy atom. The first-order chi connectivity index (χ1) is 14.2. The van der Waals surface area contributed by atoms with Crippen molar-refractivity contribution in [3.05, 3.63) is 23.8 Å². The van der Waals surface area contributed by atoms with E-state index in [9.17, 15) is 0 Å². The summed E-state index contributed by atoms with van der Waals surface area (Å²) in [5, 5.41) is 3.50. The predicted octanol–water partition coefficient (Wildman–Crippen LogP) is 3.41. The molecule has 1 N–H and O–H groups in total. The second kappa shape index (κ2) is 13.3. The SMILES string of the molecule is CN=C(NCCCCCN1CCCCC1)N(C)CCc1ccc(OC)c(OC)c1. The number of likely N-dealkylation sites (tertiary alicyclic amines) is 1. The molecule has 1 aromatic rings. The smallest absolute Gasteiger partial charge is 0.193 e. The topological polar surface area (TPSA) is 49.3 Å². The van der Waals surface area contributed by atoms with Crippen molar-refractivity contribution in [2.75, 3.05) is 61.0 Å². The number of likely N-dealkylation sites (N-methyl/N-ethyl adjacent to an activating group) is 1. The van der Waals surface area contributed by atoms with Gasteiger partial charge in [-0.1, -0.05) is 18.9 Å². The van der Waals surface area contributed by atoms with Crippen LogP contribution in [0.15, 0.2) is 23.2 Å². The summed E-state index contributed by atoms with van der Waals surface area (Å²) in [5.74, 6) is 2.50. The van der Waals surface area contributed by atoms with Crippen molar-refractivity contribution in [2.45, 2.75) is 44.9 Å². The summed E-state index contributed by atoms with van der Waals surface area (Å²) in [6.07, 6.45) is 8.87. The maximum absolute atomic E-state index is 5.40. The van der Waals surface area contributed by atoms with Gasteiger partial charge in [0, 0.05) is 27.2 Å². The van der Waals surface area contributed by atoms with Crippen LogP contribution in [0, 0.1) is 0 Å². The number of unbranched alkanes of at least 4 members (excludes halogenated alkanes) is 2. The zero-order chi connectivity index (χ0) is 20.9. The lowest BCUT2D eigenvalue weighted by Gasteiger charge is -2.26. The fraction of sp³-hybridized carbons (Fsp3) is 0.696. The van der Waals surface area contributed by atoms with Crippen molar-refractivity contribution in [2.24, 2.45) is 4.99 Å². The number of nitrogens with zero attached hydrogens (tertiary/aromatic N) is 3. The highest BCUT2D eigenvalue weighted by atomic mass is 16.5. The maximum Gasteiger partial charge on any atom is 0.193 e. The summed E-state index contributed by atoms with van der Waals surface area (Å²) >= 11 is 0. The molecule has 1 aromatic carbocycles. The summed E-state index contributed by atoms with van der Waals surface area (Å²) in [4.78, 5) is 9.24. The lowest BCUT2D eigenvalue weighted by Crippen LogP contribution is -2.40. The molecule has 0 aromatic heterocycles. The fourth-order valence-electron chi connectivity index (χ4n) is 3.84. The van der Waals surface area contributed by atoms with Crippen molar-refractivity contribution < 1.29 is 9.47 Å². The zero-order valence-corrected chi connectivity index (χ0v) is 18.9. The molecule has 1 heterocycles. The molecule has 1 aliphatic heterocycles. The third-order valence-corrected chi connectivity index (χ3v) is 5.64. The molecule has 6 heteroatoms. The Morgan fingerprint density at radius 1 is 1.07 bits per heavy atom. The third-order valence-electron chi connectivity index (χ3n) is 5.64. The zero-order valence-electron chi connectivity index (χ0n) is 18.9. The molecule has 1 saturated heterocycles. The van der Waals surface area contributed by atoms with Gasteiger partial charge in [0.1, 0.15) is 0 Å². The fourth-order valence-corrected chi connectivity index (χ4v) is 3.84. The molecule has 0 radical (unpaired) electrons. The molecule has 0 amide bonds. The average Bonchev–Trinajstić information content (AvgIpc) is 2.77. The average molecular weight is 405 g/mol. The van der Waals surface area contributed by atoms with Crippen molar-refractivity contribution in [3.8, 4) is 11.5 Å². The van der Waals surface area contributed by atoms with Crippen molar-refractivity contribution >= 4 is 5.96 Å². The number of hydrogen-bond donors (Lipinski definition) is 1. The molecule has 0 aliphatic carbocycles. The molecule has 0 atom stereocenters. The minimum Gasteiger partial charge on any atom is -0.493 e. The number of aliphatic imine (C=N–C) groups is 1. The van der Waals surface area contributed by atoms with E-state index < -0.39 is 0 Å². The van der Waals surface area contributed by atoms with Gasteiger partial charge in [0.15, 0.2) is 17.5 Å². The number of piperidine rings is 1. The lowest BCUT2D eigenvalue weighted by molar-refractivity contribution is 0.224. The first-order valence-corrected chi connectivity index (χ1v) is 11.0. The summed E-state index contributed by atoms with van der Waals surface area (Å²) in [7, 11) is 7.28. The van der Waals surface area contributed by atoms with Gasteiger partial charge in [0.05, 0.1) is 14.2 Å². The van der Waals surface area contributed by atoms with E-state index in [0.29, 0.717) is 0 Å². The van der Waals surface area contributed by atoms with Gasteiger partial charge in [-0.25, -0.2) is 0 Å². The van der Waals surface area contributed by atoms with Crippen LogP contribution in [0.25, 0.3) is 0 Å². The van der Waals surface area contributed by atoms with Gasteiger partial charge in [-0.2, -0.15) is 0 Å². The van der Waals surface area contributed by atoms with E-state index in [1.54, 1.807) is 14.2 Å². The minimum atomic E-state index is 0.766. The summed E-state index contributed by atoms with van der Waals surface area (Å²) in [6, 6.07) is 6.10. The number of nitrogens with one attached hydrogen (secondary N) is 1. The number of ether oxygens (including phenoxy) is 2. The van der Waals surface area contributed by atoms with E-state index in [2.05, 4.69) is 33.2 Å². The van der Waals surface area contributed by atoms with Crippen LogP contribution in [0.2, 0.25) is 0 Å². The third kappa shape index (κ3) is 8.13. The van der Waals surface area contributed by atoms with E-state index in [1.807, 2.05) is 19.2 Å². The molecular formula is C23H40N4O2. The van der Waals surface area contributed by atoms with E-state index in [1.165, 1.54) is 63.7 Å². The second-order valence-electron chi connectivity index (χ2n) is 7.80. The molecular weight excluding hydrogens is 364 g/mol. The number of hydrogen-bond acceptors (Lipinski definition) is 4. The highest BCUT2D eigenvalue weighted by Gasteiger charge is 2.10. The normalized spacial score (nSPS) is 15.2. The van der Waals surface area contributed by atoms with Crippen molar-refractivity contribution in [1.29, 1.82) is 0 Å². The van der Waals surface area contributed by atoms with Gasteiger partial charge >= 0.3 is 0 Å². The van der Waals surface area contributed by atoms with Gasteiger partial charge in [-0.05, 0) is 69.4 Å². The Balaban J connectivity index is 1.64. The largest absolute Gasteiger partial charge is 0.493 e. The molecule has 0 spiro atoms. The second-order valence-corrected chi connectivity index (χ2v) is 7.80. The number of rotatable bonds is 11. The molecule has 0 bridgehead atoms. The Kier molecular flexibility index (Phi) is 10.7. The predicted molar refractivity (Wildman–Crippen MR) is 121 cm³/mol. The van der Waals surface area contributed by atoms with Gasteiger partial charge in [0.25, 0.3) is 0 Å². The maximum atomic E-state index is 5.40. The summed E-state index contributed by atoms with van der Waals surface area (Å²) < 4.78 is 10.7. The minimum absolute atomic E-state index is 0.766. The van der Waals surface area contributed by atoms with Gasteiger partial charge < -0.3 is 24.6 Å². The van der Waals surface area contributed by atoms with Gasteiger partial charge in [-0.15, -0.1) is 0 Å². The molecule has 0 unspecified atom stereocenters. The summed E-state index contributed by atoms with van der Waals surface area (Å²) in [5.41, 5.74) is 1.22. The lowest BCUT2D eigenvalue weighted by atomic mass is 10.1. The number of guanidine groups is 1. The van der Waals surface area contributed by atoms with E-state index in [0.717, 1.165) is 37.0 Å². The quantitative estimate of drug-likeness (QED) is 0.348. The molecule has 164 valence electrons. The highest BCUT2D eigenvalue weighted by Crippen LogP contribution is 2.27. The van der Waals surface area contributed by atoms with E-state index in [4.69, 9.17) is 9.47 Å². The number of methoxy groups -OCH3 is 2. The number of benzene rings is 1. The van der Waals surface area contributed by atoms with Crippen LogP contribution in [0.5, 0.6) is 11.5 Å². The van der Waals surface area contributed by atoms with Crippen LogP contribution >= 0.6 is 0 Å². The summed E-state index contributed by atoms with van der Waals surface area (Å²) in [6.45, 7) is 5.74. The molecule has 29 heavy (non-hydrogen) atoms. The van der Waals surface area contributed by atoms with Crippen LogP contribution in [0.1, 0.15) is 44.1 Å². The van der Waals surface area contributed by atoms with E-state index in [-0.39, 0.29) is 0 Å². The van der Waals surface area contributed by atoms with E-state index >= 15 is 0 Å². The molecule has 6 nitrogen and oxygen atoms in total. The van der Waals surface area contributed by atoms with Crippen molar-refractivity contribution in [1.82, 2.24) is 15.1 Å². The van der Waals surface area contributed by atoms with Gasteiger partial charge in [0.2, 0.25) is 0 Å². The Labute approximate surface area is 177 Å². The molecule has 0 saturated carbocycles. The Bertz CT molecular complexity index is 615. The Morgan fingerprint density at radius 2 is 1.83 bits per heavy atom. The Hall–Kier alpha value is -1.95. The molecule has 1 aliphatic rings. The van der Waals surface area contributed by atoms with Crippen LogP contribution in [-0.2, 0) is 6.42 Å².